The maximum absolute atomic E-state index is 13.9. The van der Waals surface area contributed by atoms with Gasteiger partial charge in [-0.05, 0) is 42.3 Å². The van der Waals surface area contributed by atoms with Crippen molar-refractivity contribution in [2.75, 3.05) is 7.11 Å². The lowest BCUT2D eigenvalue weighted by molar-refractivity contribution is 0.112. The normalized spacial score (nSPS) is 10.8. The summed E-state index contributed by atoms with van der Waals surface area (Å²) in [5, 5.41) is 0.591. The smallest absolute Gasteiger partial charge is 0.152 e. The first-order chi connectivity index (χ1) is 10.2. The summed E-state index contributed by atoms with van der Waals surface area (Å²) >= 11 is 0. The first-order valence-corrected chi connectivity index (χ1v) is 6.56. The van der Waals surface area contributed by atoms with Crippen LogP contribution in [0, 0.1) is 12.7 Å². The Bertz CT molecular complexity index is 836. The van der Waals surface area contributed by atoms with Crippen LogP contribution in [0.5, 0.6) is 5.75 Å². The molecule has 0 aliphatic rings. The van der Waals surface area contributed by atoms with Gasteiger partial charge in [0.2, 0.25) is 0 Å². The molecule has 0 atom stereocenters. The number of hydrogen-bond acceptors (Lipinski definition) is 2. The third-order valence-electron chi connectivity index (χ3n) is 3.62. The van der Waals surface area contributed by atoms with Crippen molar-refractivity contribution in [3.8, 4) is 17.0 Å². The maximum atomic E-state index is 13.9. The monoisotopic (exact) mass is 283 g/mol. The number of nitrogens with one attached hydrogen (secondary N) is 1. The first-order valence-electron chi connectivity index (χ1n) is 6.56. The summed E-state index contributed by atoms with van der Waals surface area (Å²) in [6, 6.07) is 10.3. The Hall–Kier alpha value is -2.62. The van der Waals surface area contributed by atoms with Crippen molar-refractivity contribution in [1.29, 1.82) is 0 Å². The molecule has 3 nitrogen and oxygen atoms in total. The Balaban J connectivity index is 2.27. The SMILES string of the molecule is COc1ccc(-c2[nH]c3c(F)cccc3c2C=O)cc1C. The topological polar surface area (TPSA) is 42.1 Å². The second-order valence-corrected chi connectivity index (χ2v) is 4.88. The quantitative estimate of drug-likeness (QED) is 0.735. The number of carbonyl (C=O) groups is 1. The molecule has 1 N–H and O–H groups in total. The average Bonchev–Trinajstić information content (AvgIpc) is 2.87. The molecule has 0 radical (unpaired) electrons. The molecule has 0 amide bonds. The molecule has 1 aromatic heterocycles. The average molecular weight is 283 g/mol. The third-order valence-corrected chi connectivity index (χ3v) is 3.62. The van der Waals surface area contributed by atoms with Crippen molar-refractivity contribution >= 4 is 17.2 Å². The summed E-state index contributed by atoms with van der Waals surface area (Å²) in [6.45, 7) is 1.92. The minimum atomic E-state index is -0.368. The number of benzene rings is 2. The van der Waals surface area contributed by atoms with Crippen molar-refractivity contribution in [3.63, 3.8) is 0 Å². The van der Waals surface area contributed by atoms with E-state index < -0.39 is 0 Å². The molecule has 3 rings (SSSR count). The Morgan fingerprint density at radius 3 is 2.71 bits per heavy atom. The third kappa shape index (κ3) is 2.09. The van der Waals surface area contributed by atoms with Gasteiger partial charge in [-0.2, -0.15) is 0 Å². The number of carbonyl (C=O) groups excluding carboxylic acids is 1. The zero-order chi connectivity index (χ0) is 15.0. The lowest BCUT2D eigenvalue weighted by atomic mass is 10.0. The van der Waals surface area contributed by atoms with Crippen LogP contribution in [0.4, 0.5) is 4.39 Å². The van der Waals surface area contributed by atoms with Gasteiger partial charge < -0.3 is 9.72 Å². The zero-order valence-electron chi connectivity index (χ0n) is 11.7. The molecule has 0 saturated heterocycles. The second-order valence-electron chi connectivity index (χ2n) is 4.88. The molecular weight excluding hydrogens is 269 g/mol. The van der Waals surface area contributed by atoms with E-state index in [1.165, 1.54) is 6.07 Å². The van der Waals surface area contributed by atoms with Crippen LogP contribution in [0.3, 0.4) is 0 Å². The van der Waals surface area contributed by atoms with E-state index in [4.69, 9.17) is 4.74 Å². The Morgan fingerprint density at radius 1 is 1.24 bits per heavy atom. The molecule has 0 aliphatic heterocycles. The molecule has 0 unspecified atom stereocenters. The molecule has 3 aromatic rings. The maximum Gasteiger partial charge on any atom is 0.152 e. The van der Waals surface area contributed by atoms with Gasteiger partial charge in [0.05, 0.1) is 18.3 Å². The van der Waals surface area contributed by atoms with Gasteiger partial charge in [0.25, 0.3) is 0 Å². The number of H-pyrrole nitrogens is 1. The Morgan fingerprint density at radius 2 is 2.05 bits per heavy atom. The van der Waals surface area contributed by atoms with Crippen LogP contribution < -0.4 is 4.74 Å². The van der Waals surface area contributed by atoms with Gasteiger partial charge in [-0.1, -0.05) is 12.1 Å². The molecule has 106 valence electrons. The highest BCUT2D eigenvalue weighted by molar-refractivity contribution is 6.04. The minimum Gasteiger partial charge on any atom is -0.496 e. The van der Waals surface area contributed by atoms with E-state index in [1.807, 2.05) is 25.1 Å². The predicted octanol–water partition coefficient (Wildman–Crippen LogP) is 4.10. The van der Waals surface area contributed by atoms with Gasteiger partial charge in [0.15, 0.2) is 6.29 Å². The second kappa shape index (κ2) is 5.05. The molecule has 2 aromatic carbocycles. The van der Waals surface area contributed by atoms with Crippen molar-refractivity contribution in [1.82, 2.24) is 4.98 Å². The standard InChI is InChI=1S/C17H14FNO2/c1-10-8-11(6-7-15(10)21-2)16-13(9-20)12-4-3-5-14(18)17(12)19-16/h3-9,19H,1-2H3. The van der Waals surface area contributed by atoms with Crippen LogP contribution in [0.1, 0.15) is 15.9 Å². The van der Waals surface area contributed by atoms with E-state index in [-0.39, 0.29) is 5.82 Å². The number of aromatic amines is 1. The van der Waals surface area contributed by atoms with E-state index in [1.54, 1.807) is 19.2 Å². The molecule has 0 saturated carbocycles. The van der Waals surface area contributed by atoms with Crippen molar-refractivity contribution < 1.29 is 13.9 Å². The fraction of sp³-hybridized carbons (Fsp3) is 0.118. The number of ether oxygens (including phenoxy) is 1. The number of para-hydroxylation sites is 1. The number of fused-ring (bicyclic) bond motifs is 1. The Labute approximate surface area is 121 Å². The number of aldehydes is 1. The van der Waals surface area contributed by atoms with E-state index >= 15 is 0 Å². The number of halogens is 1. The highest BCUT2D eigenvalue weighted by Crippen LogP contribution is 2.32. The van der Waals surface area contributed by atoms with Crippen LogP contribution in [0.25, 0.3) is 22.2 Å². The Kier molecular flexibility index (Phi) is 3.22. The molecule has 0 spiro atoms. The van der Waals surface area contributed by atoms with Gasteiger partial charge in [0.1, 0.15) is 11.6 Å². The fourth-order valence-corrected chi connectivity index (χ4v) is 2.59. The first kappa shape index (κ1) is 13.4. The molecule has 1 heterocycles. The minimum absolute atomic E-state index is 0.350. The highest BCUT2D eigenvalue weighted by Gasteiger charge is 2.15. The van der Waals surface area contributed by atoms with E-state index in [0.717, 1.165) is 23.2 Å². The summed E-state index contributed by atoms with van der Waals surface area (Å²) in [6.07, 6.45) is 0.757. The van der Waals surface area contributed by atoms with Crippen LogP contribution in [-0.2, 0) is 0 Å². The van der Waals surface area contributed by atoms with E-state index in [9.17, 15) is 9.18 Å². The fourth-order valence-electron chi connectivity index (χ4n) is 2.59. The lowest BCUT2D eigenvalue weighted by Crippen LogP contribution is -1.89. The molecule has 0 fully saturated rings. The van der Waals surface area contributed by atoms with Crippen molar-refractivity contribution in [3.05, 3.63) is 53.3 Å². The molecule has 21 heavy (non-hydrogen) atoms. The van der Waals surface area contributed by atoms with Gasteiger partial charge in [0, 0.05) is 10.9 Å². The van der Waals surface area contributed by atoms with Gasteiger partial charge in [-0.15, -0.1) is 0 Å². The molecule has 0 bridgehead atoms. The van der Waals surface area contributed by atoms with Crippen LogP contribution in [0.2, 0.25) is 0 Å². The number of hydrogen-bond donors (Lipinski definition) is 1. The summed E-state index contributed by atoms with van der Waals surface area (Å²) in [5.41, 5.74) is 3.21. The molecule has 0 aliphatic carbocycles. The predicted molar refractivity (Wildman–Crippen MR) is 80.4 cm³/mol. The summed E-state index contributed by atoms with van der Waals surface area (Å²) in [4.78, 5) is 14.4. The van der Waals surface area contributed by atoms with Crippen LogP contribution in [0.15, 0.2) is 36.4 Å². The number of aromatic nitrogens is 1. The van der Waals surface area contributed by atoms with Crippen LogP contribution in [-0.4, -0.2) is 18.4 Å². The zero-order valence-corrected chi connectivity index (χ0v) is 11.7. The van der Waals surface area contributed by atoms with Gasteiger partial charge in [-0.25, -0.2) is 4.39 Å². The summed E-state index contributed by atoms with van der Waals surface area (Å²) in [5.74, 6) is 0.403. The van der Waals surface area contributed by atoms with Gasteiger partial charge >= 0.3 is 0 Å². The lowest BCUT2D eigenvalue weighted by Gasteiger charge is -2.07. The highest BCUT2D eigenvalue weighted by atomic mass is 19.1. The largest absolute Gasteiger partial charge is 0.496 e. The molecule has 4 heteroatoms. The molecular formula is C17H14FNO2. The number of rotatable bonds is 3. The van der Waals surface area contributed by atoms with E-state index in [0.29, 0.717) is 22.2 Å². The number of methoxy groups -OCH3 is 1. The van der Waals surface area contributed by atoms with Crippen LogP contribution >= 0.6 is 0 Å². The number of aryl methyl sites for hydroxylation is 1. The van der Waals surface area contributed by atoms with Crippen molar-refractivity contribution in [2.24, 2.45) is 0 Å². The van der Waals surface area contributed by atoms with Crippen molar-refractivity contribution in [2.45, 2.75) is 6.92 Å². The van der Waals surface area contributed by atoms with E-state index in [2.05, 4.69) is 4.98 Å². The summed E-state index contributed by atoms with van der Waals surface area (Å²) in [7, 11) is 1.61. The summed E-state index contributed by atoms with van der Waals surface area (Å²) < 4.78 is 19.1. The van der Waals surface area contributed by atoms with Gasteiger partial charge in [-0.3, -0.25) is 4.79 Å².